The fraction of sp³-hybridized carbons (Fsp3) is 0.214. The van der Waals surface area contributed by atoms with Crippen molar-refractivity contribution >= 4 is 5.91 Å². The van der Waals surface area contributed by atoms with E-state index in [0.29, 0.717) is 12.1 Å². The molecule has 1 N–H and O–H groups in total. The number of rotatable bonds is 4. The summed E-state index contributed by atoms with van der Waals surface area (Å²) in [6, 6.07) is 9.78. The van der Waals surface area contributed by atoms with Crippen LogP contribution in [0, 0.1) is 0 Å². The maximum Gasteiger partial charge on any atom is 0.254 e. The van der Waals surface area contributed by atoms with E-state index in [0.717, 1.165) is 17.8 Å². The van der Waals surface area contributed by atoms with Gasteiger partial charge in [-0.15, -0.1) is 0 Å². The van der Waals surface area contributed by atoms with Crippen LogP contribution in [-0.2, 0) is 13.0 Å². The maximum absolute atomic E-state index is 11.8. The summed E-state index contributed by atoms with van der Waals surface area (Å²) in [4.78, 5) is 20.0. The molecule has 0 atom stereocenters. The monoisotopic (exact) mass is 241 g/mol. The van der Waals surface area contributed by atoms with Crippen molar-refractivity contribution in [2.75, 3.05) is 0 Å². The van der Waals surface area contributed by atoms with Gasteiger partial charge in [0.1, 0.15) is 5.82 Å². The average Bonchev–Trinajstić information content (AvgIpc) is 2.46. The molecule has 0 unspecified atom stereocenters. The Bertz CT molecular complexity index is 508. The number of aromatic nitrogens is 2. The zero-order valence-electron chi connectivity index (χ0n) is 10.3. The van der Waals surface area contributed by atoms with Crippen molar-refractivity contribution in [3.63, 3.8) is 0 Å². The predicted octanol–water partition coefficient (Wildman–Crippen LogP) is 1.97. The summed E-state index contributed by atoms with van der Waals surface area (Å²) in [6.07, 6.45) is 3.89. The van der Waals surface area contributed by atoms with Gasteiger partial charge in [-0.2, -0.15) is 0 Å². The molecular formula is C14H15N3O. The average molecular weight is 241 g/mol. The zero-order chi connectivity index (χ0) is 12.8. The number of amides is 1. The first-order valence-corrected chi connectivity index (χ1v) is 5.92. The van der Waals surface area contributed by atoms with E-state index in [-0.39, 0.29) is 5.91 Å². The third kappa shape index (κ3) is 3.13. The Balaban J connectivity index is 1.95. The number of carbonyl (C=O) groups is 1. The smallest absolute Gasteiger partial charge is 0.254 e. The molecule has 4 nitrogen and oxygen atoms in total. The second kappa shape index (κ2) is 5.91. The van der Waals surface area contributed by atoms with E-state index in [1.807, 2.05) is 37.3 Å². The standard InChI is InChI=1S/C14H15N3O/c1-2-13-15-9-12(10-16-13)14(18)17-8-11-6-4-3-5-7-11/h3-7,9-10H,2,8H2,1H3,(H,17,18). The van der Waals surface area contributed by atoms with Crippen molar-refractivity contribution in [2.24, 2.45) is 0 Å². The SMILES string of the molecule is CCc1ncc(C(=O)NCc2ccccc2)cn1. The van der Waals surface area contributed by atoms with Crippen molar-refractivity contribution in [1.82, 2.24) is 15.3 Å². The van der Waals surface area contributed by atoms with Gasteiger partial charge in [-0.25, -0.2) is 9.97 Å². The molecule has 1 aromatic heterocycles. The molecule has 4 heteroatoms. The summed E-state index contributed by atoms with van der Waals surface area (Å²) in [6.45, 7) is 2.49. The van der Waals surface area contributed by atoms with Crippen molar-refractivity contribution in [2.45, 2.75) is 19.9 Å². The second-order valence-corrected chi connectivity index (χ2v) is 3.91. The first-order chi connectivity index (χ1) is 8.79. The molecule has 0 fully saturated rings. The van der Waals surface area contributed by atoms with Crippen LogP contribution in [0.3, 0.4) is 0 Å². The van der Waals surface area contributed by atoms with Crippen molar-refractivity contribution in [1.29, 1.82) is 0 Å². The molecule has 0 saturated carbocycles. The molecule has 0 spiro atoms. The molecule has 18 heavy (non-hydrogen) atoms. The number of aryl methyl sites for hydroxylation is 1. The van der Waals surface area contributed by atoms with Crippen LogP contribution in [0.4, 0.5) is 0 Å². The minimum Gasteiger partial charge on any atom is -0.348 e. The summed E-state index contributed by atoms with van der Waals surface area (Å²) < 4.78 is 0. The number of hydrogen-bond acceptors (Lipinski definition) is 3. The predicted molar refractivity (Wildman–Crippen MR) is 69.0 cm³/mol. The topological polar surface area (TPSA) is 54.9 Å². The molecule has 92 valence electrons. The summed E-state index contributed by atoms with van der Waals surface area (Å²) in [5.74, 6) is 0.594. The lowest BCUT2D eigenvalue weighted by Crippen LogP contribution is -2.23. The highest BCUT2D eigenvalue weighted by molar-refractivity contribution is 5.93. The van der Waals surface area contributed by atoms with Crippen LogP contribution >= 0.6 is 0 Å². The number of benzene rings is 1. The first kappa shape index (κ1) is 12.2. The first-order valence-electron chi connectivity index (χ1n) is 5.92. The van der Waals surface area contributed by atoms with E-state index in [1.165, 1.54) is 0 Å². The summed E-state index contributed by atoms with van der Waals surface area (Å²) in [5.41, 5.74) is 1.56. The van der Waals surface area contributed by atoms with Gasteiger partial charge >= 0.3 is 0 Å². The van der Waals surface area contributed by atoms with Crippen LogP contribution < -0.4 is 5.32 Å². The van der Waals surface area contributed by atoms with E-state index < -0.39 is 0 Å². The highest BCUT2D eigenvalue weighted by atomic mass is 16.1. The normalized spacial score (nSPS) is 10.1. The summed E-state index contributed by atoms with van der Waals surface area (Å²) >= 11 is 0. The summed E-state index contributed by atoms with van der Waals surface area (Å²) in [7, 11) is 0. The molecule has 1 heterocycles. The summed E-state index contributed by atoms with van der Waals surface area (Å²) in [5, 5.41) is 2.83. The van der Waals surface area contributed by atoms with E-state index in [4.69, 9.17) is 0 Å². The quantitative estimate of drug-likeness (QED) is 0.890. The van der Waals surface area contributed by atoms with Crippen molar-refractivity contribution in [3.05, 3.63) is 59.7 Å². The number of nitrogens with one attached hydrogen (secondary N) is 1. The van der Waals surface area contributed by atoms with Gasteiger partial charge in [0, 0.05) is 25.4 Å². The van der Waals surface area contributed by atoms with Gasteiger partial charge in [0.2, 0.25) is 0 Å². The lowest BCUT2D eigenvalue weighted by molar-refractivity contribution is 0.0950. The molecule has 2 rings (SSSR count). The Morgan fingerprint density at radius 3 is 2.44 bits per heavy atom. The van der Waals surface area contributed by atoms with Gasteiger partial charge in [-0.1, -0.05) is 37.3 Å². The fourth-order valence-corrected chi connectivity index (χ4v) is 1.53. The molecule has 0 aliphatic heterocycles. The van der Waals surface area contributed by atoms with Gasteiger partial charge < -0.3 is 5.32 Å². The molecule has 0 aliphatic carbocycles. The molecule has 2 aromatic rings. The molecule has 0 saturated heterocycles. The highest BCUT2D eigenvalue weighted by Crippen LogP contribution is 2.00. The van der Waals surface area contributed by atoms with Crippen LogP contribution in [-0.4, -0.2) is 15.9 Å². The molecule has 1 amide bonds. The van der Waals surface area contributed by atoms with Crippen LogP contribution in [0.2, 0.25) is 0 Å². The maximum atomic E-state index is 11.8. The highest BCUT2D eigenvalue weighted by Gasteiger charge is 2.06. The molecule has 0 aliphatic rings. The lowest BCUT2D eigenvalue weighted by Gasteiger charge is -2.05. The zero-order valence-corrected chi connectivity index (χ0v) is 10.3. The Labute approximate surface area is 106 Å². The molecule has 0 radical (unpaired) electrons. The van der Waals surface area contributed by atoms with Crippen LogP contribution in [0.1, 0.15) is 28.7 Å². The van der Waals surface area contributed by atoms with E-state index in [9.17, 15) is 4.79 Å². The van der Waals surface area contributed by atoms with E-state index in [2.05, 4.69) is 15.3 Å². The van der Waals surface area contributed by atoms with Crippen molar-refractivity contribution in [3.8, 4) is 0 Å². The van der Waals surface area contributed by atoms with Gasteiger partial charge in [0.15, 0.2) is 0 Å². The largest absolute Gasteiger partial charge is 0.348 e. The Hall–Kier alpha value is -2.23. The van der Waals surface area contributed by atoms with E-state index in [1.54, 1.807) is 12.4 Å². The lowest BCUT2D eigenvalue weighted by atomic mass is 10.2. The van der Waals surface area contributed by atoms with Gasteiger partial charge in [-0.3, -0.25) is 4.79 Å². The molecular weight excluding hydrogens is 226 g/mol. The van der Waals surface area contributed by atoms with Gasteiger partial charge in [0.25, 0.3) is 5.91 Å². The number of hydrogen-bond donors (Lipinski definition) is 1. The third-order valence-electron chi connectivity index (χ3n) is 2.58. The van der Waals surface area contributed by atoms with Crippen molar-refractivity contribution < 1.29 is 4.79 Å². The fourth-order valence-electron chi connectivity index (χ4n) is 1.53. The van der Waals surface area contributed by atoms with Crippen LogP contribution in [0.25, 0.3) is 0 Å². The minimum atomic E-state index is -0.151. The molecule has 1 aromatic carbocycles. The van der Waals surface area contributed by atoms with Crippen LogP contribution in [0.15, 0.2) is 42.7 Å². The number of nitrogens with zero attached hydrogens (tertiary/aromatic N) is 2. The second-order valence-electron chi connectivity index (χ2n) is 3.91. The number of carbonyl (C=O) groups excluding carboxylic acids is 1. The van der Waals surface area contributed by atoms with Crippen LogP contribution in [0.5, 0.6) is 0 Å². The Morgan fingerprint density at radius 1 is 1.17 bits per heavy atom. The minimum absolute atomic E-state index is 0.151. The Morgan fingerprint density at radius 2 is 1.83 bits per heavy atom. The third-order valence-corrected chi connectivity index (χ3v) is 2.58. The Kier molecular flexibility index (Phi) is 4.02. The van der Waals surface area contributed by atoms with Gasteiger partial charge in [-0.05, 0) is 5.56 Å². The van der Waals surface area contributed by atoms with E-state index >= 15 is 0 Å². The molecule has 0 bridgehead atoms. The van der Waals surface area contributed by atoms with Gasteiger partial charge in [0.05, 0.1) is 5.56 Å².